The number of rotatable bonds is 13. The van der Waals surface area contributed by atoms with Gasteiger partial charge < -0.3 is 14.2 Å². The third-order valence-electron chi connectivity index (χ3n) is 3.77. The number of hydrogen-bond donors (Lipinski definition) is 1. The number of carbonyl (C=O) groups is 1. The fraction of sp³-hybridized carbons (Fsp3) is 0.562. The molecule has 0 saturated carbocycles. The second-order valence-corrected chi connectivity index (χ2v) is 7.65. The number of benzene rings is 1. The number of carboxylic acid groups (broad SMARTS) is 1. The minimum Gasteiger partial charge on any atom is -0.772 e. The highest BCUT2D eigenvalue weighted by molar-refractivity contribution is 7.79. The van der Waals surface area contributed by atoms with E-state index in [9.17, 15) is 22.3 Å². The summed E-state index contributed by atoms with van der Waals surface area (Å²) in [7, 11) is 0. The maximum absolute atomic E-state index is 11.0. The Hall–Kier alpha value is -1.13. The molecule has 0 aliphatic carbocycles. The van der Waals surface area contributed by atoms with Crippen LogP contribution in [0.1, 0.15) is 37.3 Å². The average molecular weight is 389 g/mol. The van der Waals surface area contributed by atoms with Gasteiger partial charge in [0, 0.05) is 24.0 Å². The lowest BCUT2D eigenvalue weighted by atomic mass is 9.99. The molecule has 1 aromatic rings. The summed E-state index contributed by atoms with van der Waals surface area (Å²) >= 11 is -4.27. The topological polar surface area (TPSA) is 121 Å². The average Bonchev–Trinajstić information content (AvgIpc) is 2.54. The summed E-state index contributed by atoms with van der Waals surface area (Å²) in [6, 6.07) is 9.19. The van der Waals surface area contributed by atoms with Gasteiger partial charge in [-0.2, -0.15) is 0 Å². The van der Waals surface area contributed by atoms with Gasteiger partial charge in [0.25, 0.3) is 0 Å². The van der Waals surface area contributed by atoms with Crippen molar-refractivity contribution in [3.8, 4) is 0 Å². The van der Waals surface area contributed by atoms with E-state index in [1.165, 1.54) is 0 Å². The van der Waals surface area contributed by atoms with Crippen LogP contribution in [0, 0.1) is 0 Å². The molecule has 7 nitrogen and oxygen atoms in total. The first-order valence-electron chi connectivity index (χ1n) is 8.02. The van der Waals surface area contributed by atoms with Crippen LogP contribution in [-0.2, 0) is 27.0 Å². The van der Waals surface area contributed by atoms with Crippen LogP contribution in [-0.4, -0.2) is 58.1 Å². The van der Waals surface area contributed by atoms with E-state index in [4.69, 9.17) is 5.11 Å². The van der Waals surface area contributed by atoms with Crippen molar-refractivity contribution in [2.45, 2.75) is 31.7 Å². The van der Waals surface area contributed by atoms with E-state index in [1.54, 1.807) is 0 Å². The Morgan fingerprint density at radius 2 is 1.56 bits per heavy atom. The normalized spacial score (nSPS) is 15.0. The second-order valence-electron chi connectivity index (χ2n) is 5.62. The van der Waals surface area contributed by atoms with Crippen LogP contribution >= 0.6 is 0 Å². The predicted molar refractivity (Wildman–Crippen MR) is 94.4 cm³/mol. The third kappa shape index (κ3) is 9.81. The number of hydrogen-bond acceptors (Lipinski definition) is 6. The maximum atomic E-state index is 11.0. The molecular formula is C16H23NO6S2-2. The molecule has 25 heavy (non-hydrogen) atoms. The Labute approximate surface area is 153 Å². The molecule has 0 heterocycles. The highest BCUT2D eigenvalue weighted by Gasteiger charge is 2.21. The zero-order valence-corrected chi connectivity index (χ0v) is 15.5. The van der Waals surface area contributed by atoms with Crippen LogP contribution in [0.15, 0.2) is 30.3 Å². The van der Waals surface area contributed by atoms with Gasteiger partial charge in [-0.15, -0.1) is 0 Å². The van der Waals surface area contributed by atoms with Crippen LogP contribution in [0.4, 0.5) is 0 Å². The Balaban J connectivity index is 2.87. The van der Waals surface area contributed by atoms with E-state index in [0.717, 1.165) is 5.56 Å². The van der Waals surface area contributed by atoms with Gasteiger partial charge in [-0.3, -0.25) is 18.1 Å². The van der Waals surface area contributed by atoms with Gasteiger partial charge in [-0.05, 0) is 37.9 Å². The van der Waals surface area contributed by atoms with Crippen LogP contribution < -0.4 is 0 Å². The summed E-state index contributed by atoms with van der Waals surface area (Å²) in [6.45, 7) is 0.914. The standard InChI is InChI=1S/C16H25NO6S2/c18-16(19)9-8-15(14-6-2-1-3-7-14)17(10-4-12-24(20)21)11-5-13-25(22)23/h1-3,6-7,15H,4-5,8-13H2,(H,18,19)(H,20,21)(H,22,23)/p-2. The monoisotopic (exact) mass is 389 g/mol. The molecule has 3 atom stereocenters. The van der Waals surface area contributed by atoms with Gasteiger partial charge in [0.05, 0.1) is 0 Å². The van der Waals surface area contributed by atoms with Crippen LogP contribution in [0.25, 0.3) is 0 Å². The predicted octanol–water partition coefficient (Wildman–Crippen LogP) is 1.43. The molecule has 9 heteroatoms. The third-order valence-corrected chi connectivity index (χ3v) is 5.01. The smallest absolute Gasteiger partial charge is 0.303 e. The minimum atomic E-state index is -2.13. The number of carboxylic acids is 1. The summed E-state index contributed by atoms with van der Waals surface area (Å²) in [4.78, 5) is 13.0. The molecule has 0 amide bonds. The van der Waals surface area contributed by atoms with Crippen molar-refractivity contribution in [1.29, 1.82) is 0 Å². The van der Waals surface area contributed by atoms with E-state index in [-0.39, 0.29) is 24.0 Å². The zero-order valence-electron chi connectivity index (χ0n) is 13.9. The second kappa shape index (κ2) is 12.3. The van der Waals surface area contributed by atoms with Crippen molar-refractivity contribution in [3.63, 3.8) is 0 Å². The van der Waals surface area contributed by atoms with Gasteiger partial charge >= 0.3 is 5.97 Å². The van der Waals surface area contributed by atoms with Crippen molar-refractivity contribution < 1.29 is 27.4 Å². The highest BCUT2D eigenvalue weighted by atomic mass is 32.2. The summed E-state index contributed by atoms with van der Waals surface area (Å²) in [5.74, 6) is -0.864. The fourth-order valence-electron chi connectivity index (χ4n) is 2.69. The molecule has 0 radical (unpaired) electrons. The molecular weight excluding hydrogens is 366 g/mol. The molecule has 0 spiro atoms. The van der Waals surface area contributed by atoms with Gasteiger partial charge in [-0.25, -0.2) is 0 Å². The van der Waals surface area contributed by atoms with Gasteiger partial charge in [0.1, 0.15) is 0 Å². The Morgan fingerprint density at radius 1 is 1.04 bits per heavy atom. The van der Waals surface area contributed by atoms with Crippen molar-refractivity contribution in [1.82, 2.24) is 4.90 Å². The highest BCUT2D eigenvalue weighted by Crippen LogP contribution is 2.26. The van der Waals surface area contributed by atoms with Gasteiger partial charge in [0.2, 0.25) is 0 Å². The van der Waals surface area contributed by atoms with Crippen LogP contribution in [0.3, 0.4) is 0 Å². The first kappa shape index (κ1) is 21.9. The lowest BCUT2D eigenvalue weighted by Crippen LogP contribution is -2.32. The molecule has 0 fully saturated rings. The minimum absolute atomic E-state index is 0.0168. The number of nitrogens with zero attached hydrogens (tertiary/aromatic N) is 1. The molecule has 0 saturated heterocycles. The molecule has 3 unspecified atom stereocenters. The summed E-state index contributed by atoms with van der Waals surface area (Å²) in [5.41, 5.74) is 0.940. The summed E-state index contributed by atoms with van der Waals surface area (Å²) in [6.07, 6.45) is 1.18. The van der Waals surface area contributed by atoms with E-state index in [1.807, 2.05) is 35.2 Å². The zero-order chi connectivity index (χ0) is 18.7. The van der Waals surface area contributed by atoms with Crippen molar-refractivity contribution in [3.05, 3.63) is 35.9 Å². The maximum Gasteiger partial charge on any atom is 0.303 e. The molecule has 142 valence electrons. The lowest BCUT2D eigenvalue weighted by Gasteiger charge is -2.32. The van der Waals surface area contributed by atoms with Crippen LogP contribution in [0.2, 0.25) is 0 Å². The molecule has 1 rings (SSSR count). The van der Waals surface area contributed by atoms with E-state index < -0.39 is 28.1 Å². The van der Waals surface area contributed by atoms with E-state index in [2.05, 4.69) is 0 Å². The fourth-order valence-corrected chi connectivity index (χ4v) is 3.42. The van der Waals surface area contributed by atoms with Crippen LogP contribution in [0.5, 0.6) is 0 Å². The van der Waals surface area contributed by atoms with E-state index in [0.29, 0.717) is 32.4 Å². The van der Waals surface area contributed by atoms with Gasteiger partial charge in [0.15, 0.2) is 0 Å². The summed E-state index contributed by atoms with van der Waals surface area (Å²) < 4.78 is 43.0. The molecule has 0 aliphatic rings. The first-order chi connectivity index (χ1) is 11.9. The molecule has 0 aliphatic heterocycles. The lowest BCUT2D eigenvalue weighted by molar-refractivity contribution is -0.137. The quantitative estimate of drug-likeness (QED) is 0.507. The van der Waals surface area contributed by atoms with Gasteiger partial charge in [-0.1, -0.05) is 52.5 Å². The summed E-state index contributed by atoms with van der Waals surface area (Å²) in [5, 5.41) is 9.01. The Kier molecular flexibility index (Phi) is 10.7. The largest absolute Gasteiger partial charge is 0.772 e. The first-order valence-corrected chi connectivity index (χ1v) is 10.5. The molecule has 1 aromatic carbocycles. The Morgan fingerprint density at radius 3 is 2.00 bits per heavy atom. The molecule has 1 N–H and O–H groups in total. The SMILES string of the molecule is O=C(O)CCC(c1ccccc1)N(CCCS(=O)[O-])CCCS(=O)[O-]. The van der Waals surface area contributed by atoms with E-state index >= 15 is 0 Å². The van der Waals surface area contributed by atoms with Crippen molar-refractivity contribution in [2.24, 2.45) is 0 Å². The molecule has 0 aromatic heterocycles. The number of aliphatic carboxylic acids is 1. The van der Waals surface area contributed by atoms with Crippen molar-refractivity contribution in [2.75, 3.05) is 24.6 Å². The molecule has 0 bridgehead atoms. The van der Waals surface area contributed by atoms with Crippen molar-refractivity contribution >= 4 is 28.1 Å². The Bertz CT molecular complexity index is 549.